The Morgan fingerprint density at radius 1 is 1.04 bits per heavy atom. The number of halogens is 1. The van der Waals surface area contributed by atoms with Crippen molar-refractivity contribution in [3.05, 3.63) is 65.1 Å². The highest BCUT2D eigenvalue weighted by molar-refractivity contribution is 7.90. The normalized spacial score (nSPS) is 15.8. The highest BCUT2D eigenvalue weighted by Gasteiger charge is 2.17. The van der Waals surface area contributed by atoms with Gasteiger partial charge in [-0.25, -0.2) is 12.8 Å². The van der Waals surface area contributed by atoms with Crippen molar-refractivity contribution in [1.29, 1.82) is 0 Å². The average Bonchev–Trinajstić information content (AvgIpc) is 2.86. The molecular formula is C20H21FN2O2S. The molecule has 4 nitrogen and oxygen atoms in total. The highest BCUT2D eigenvalue weighted by Crippen LogP contribution is 2.22. The predicted octanol–water partition coefficient (Wildman–Crippen LogP) is 3.31. The van der Waals surface area contributed by atoms with Crippen molar-refractivity contribution in [1.82, 2.24) is 9.88 Å². The average molecular weight is 372 g/mol. The molecule has 0 amide bonds. The Morgan fingerprint density at radius 3 is 2.58 bits per heavy atom. The van der Waals surface area contributed by atoms with Crippen LogP contribution in [-0.4, -0.2) is 37.6 Å². The molecule has 136 valence electrons. The van der Waals surface area contributed by atoms with Crippen LogP contribution in [0, 0.1) is 5.82 Å². The Hall–Kier alpha value is -2.18. The number of benzene rings is 2. The van der Waals surface area contributed by atoms with Gasteiger partial charge < -0.3 is 4.98 Å². The van der Waals surface area contributed by atoms with Crippen LogP contribution in [0.25, 0.3) is 10.9 Å². The molecule has 26 heavy (non-hydrogen) atoms. The zero-order valence-corrected chi connectivity index (χ0v) is 15.4. The summed E-state index contributed by atoms with van der Waals surface area (Å²) >= 11 is 0. The van der Waals surface area contributed by atoms with E-state index in [0.29, 0.717) is 4.90 Å². The fourth-order valence-electron chi connectivity index (χ4n) is 3.62. The second-order valence-electron chi connectivity index (χ2n) is 7.00. The Balaban J connectivity index is 1.51. The fourth-order valence-corrected chi connectivity index (χ4v) is 4.29. The van der Waals surface area contributed by atoms with Gasteiger partial charge in [-0.1, -0.05) is 6.07 Å². The van der Waals surface area contributed by atoms with Crippen molar-refractivity contribution in [2.45, 2.75) is 24.3 Å². The minimum Gasteiger partial charge on any atom is -0.357 e. The van der Waals surface area contributed by atoms with E-state index >= 15 is 0 Å². The first-order valence-corrected chi connectivity index (χ1v) is 10.6. The summed E-state index contributed by atoms with van der Waals surface area (Å²) in [7, 11) is -3.18. The van der Waals surface area contributed by atoms with Crippen LogP contribution in [0.4, 0.5) is 4.39 Å². The predicted molar refractivity (Wildman–Crippen MR) is 100 cm³/mol. The van der Waals surface area contributed by atoms with E-state index in [0.717, 1.165) is 54.6 Å². The number of sulfone groups is 1. The molecular weight excluding hydrogens is 351 g/mol. The van der Waals surface area contributed by atoms with E-state index in [-0.39, 0.29) is 5.82 Å². The van der Waals surface area contributed by atoms with Crippen LogP contribution in [-0.2, 0) is 29.2 Å². The minimum absolute atomic E-state index is 0.238. The lowest BCUT2D eigenvalue weighted by Crippen LogP contribution is -2.26. The van der Waals surface area contributed by atoms with E-state index in [1.807, 2.05) is 12.1 Å². The summed E-state index contributed by atoms with van der Waals surface area (Å²) in [6.45, 7) is 2.54. The number of nitrogens with zero attached hydrogens (tertiary/aromatic N) is 1. The number of aromatic nitrogens is 1. The molecule has 2 heterocycles. The molecule has 0 saturated carbocycles. The van der Waals surface area contributed by atoms with Gasteiger partial charge >= 0.3 is 0 Å². The molecule has 2 aromatic carbocycles. The van der Waals surface area contributed by atoms with Gasteiger partial charge in [0, 0.05) is 37.1 Å². The summed E-state index contributed by atoms with van der Waals surface area (Å²) in [6, 6.07) is 12.3. The number of hydrogen-bond donors (Lipinski definition) is 1. The van der Waals surface area contributed by atoms with E-state index in [9.17, 15) is 12.8 Å². The first-order valence-electron chi connectivity index (χ1n) is 8.70. The van der Waals surface area contributed by atoms with Gasteiger partial charge in [0.15, 0.2) is 9.84 Å². The van der Waals surface area contributed by atoms with E-state index in [1.54, 1.807) is 12.1 Å². The maximum absolute atomic E-state index is 13.4. The number of rotatable bonds is 3. The number of fused-ring (bicyclic) bond motifs is 2. The summed E-state index contributed by atoms with van der Waals surface area (Å²) in [5.74, 6) is -0.238. The third-order valence-electron chi connectivity index (χ3n) is 5.03. The number of aromatic amines is 1. The van der Waals surface area contributed by atoms with Gasteiger partial charge in [0.2, 0.25) is 0 Å². The van der Waals surface area contributed by atoms with Crippen molar-refractivity contribution in [2.24, 2.45) is 0 Å². The third kappa shape index (κ3) is 3.52. The summed E-state index contributed by atoms with van der Waals surface area (Å²) < 4.78 is 36.9. The molecule has 4 rings (SSSR count). The Morgan fingerprint density at radius 2 is 1.81 bits per heavy atom. The monoisotopic (exact) mass is 372 g/mol. The lowest BCUT2D eigenvalue weighted by molar-refractivity contribution is 0.276. The van der Waals surface area contributed by atoms with Crippen LogP contribution < -0.4 is 0 Å². The Labute approximate surface area is 152 Å². The quantitative estimate of drug-likeness (QED) is 0.767. The summed E-state index contributed by atoms with van der Waals surface area (Å²) in [5.41, 5.74) is 4.22. The summed E-state index contributed by atoms with van der Waals surface area (Å²) in [5, 5.41) is 1.01. The topological polar surface area (TPSA) is 53.2 Å². The van der Waals surface area contributed by atoms with Crippen molar-refractivity contribution >= 4 is 20.7 Å². The molecule has 1 aliphatic rings. The second-order valence-corrected chi connectivity index (χ2v) is 9.02. The fraction of sp³-hybridized carbons (Fsp3) is 0.300. The van der Waals surface area contributed by atoms with Gasteiger partial charge in [0.1, 0.15) is 5.82 Å². The molecule has 0 saturated heterocycles. The summed E-state index contributed by atoms with van der Waals surface area (Å²) in [4.78, 5) is 6.03. The van der Waals surface area contributed by atoms with Gasteiger partial charge in [-0.2, -0.15) is 0 Å². The molecule has 1 N–H and O–H groups in total. The van der Waals surface area contributed by atoms with E-state index in [1.165, 1.54) is 24.0 Å². The molecule has 1 aliphatic heterocycles. The van der Waals surface area contributed by atoms with E-state index in [2.05, 4.69) is 16.0 Å². The second kappa shape index (κ2) is 6.52. The first-order chi connectivity index (χ1) is 12.4. The largest absolute Gasteiger partial charge is 0.357 e. The lowest BCUT2D eigenvalue weighted by atomic mass is 10.0. The first kappa shape index (κ1) is 17.2. The van der Waals surface area contributed by atoms with Crippen LogP contribution in [0.5, 0.6) is 0 Å². The Kier molecular flexibility index (Phi) is 4.32. The van der Waals surface area contributed by atoms with Crippen LogP contribution in [0.3, 0.4) is 0 Å². The molecule has 0 radical (unpaired) electrons. The van der Waals surface area contributed by atoms with Crippen molar-refractivity contribution in [2.75, 3.05) is 19.3 Å². The van der Waals surface area contributed by atoms with Gasteiger partial charge in [0.25, 0.3) is 0 Å². The number of nitrogens with one attached hydrogen (secondary N) is 1. The van der Waals surface area contributed by atoms with E-state index < -0.39 is 9.84 Å². The lowest BCUT2D eigenvalue weighted by Gasteiger charge is -2.18. The van der Waals surface area contributed by atoms with E-state index in [4.69, 9.17) is 0 Å². The Bertz CT molecular complexity index is 1070. The molecule has 3 aromatic rings. The standard InChI is InChI=1S/C20H21FN2O2S/c1-26(24,25)19-5-3-14-6-8-23(9-7-15(14)11-19)13-18-10-16-2-4-17(21)12-20(16)22-18/h2-5,10-12,22H,6-9,13H2,1H3. The van der Waals surface area contributed by atoms with Gasteiger partial charge in [-0.3, -0.25) is 4.90 Å². The van der Waals surface area contributed by atoms with Gasteiger partial charge in [-0.05, 0) is 65.8 Å². The summed E-state index contributed by atoms with van der Waals surface area (Å²) in [6.07, 6.45) is 2.97. The maximum atomic E-state index is 13.4. The molecule has 1 aromatic heterocycles. The molecule has 0 unspecified atom stereocenters. The van der Waals surface area contributed by atoms with Gasteiger partial charge in [0.05, 0.1) is 4.90 Å². The van der Waals surface area contributed by atoms with Crippen LogP contribution in [0.15, 0.2) is 47.4 Å². The zero-order chi connectivity index (χ0) is 18.3. The van der Waals surface area contributed by atoms with Gasteiger partial charge in [-0.15, -0.1) is 0 Å². The smallest absolute Gasteiger partial charge is 0.175 e. The zero-order valence-electron chi connectivity index (χ0n) is 14.6. The third-order valence-corrected chi connectivity index (χ3v) is 6.15. The number of hydrogen-bond acceptors (Lipinski definition) is 3. The molecule has 0 atom stereocenters. The molecule has 0 spiro atoms. The minimum atomic E-state index is -3.18. The molecule has 6 heteroatoms. The number of H-pyrrole nitrogens is 1. The maximum Gasteiger partial charge on any atom is 0.175 e. The SMILES string of the molecule is CS(=O)(=O)c1ccc2c(c1)CCN(Cc1cc3ccc(F)cc3[nH]1)CC2. The van der Waals surface area contributed by atoms with Crippen LogP contribution in [0.2, 0.25) is 0 Å². The van der Waals surface area contributed by atoms with Crippen molar-refractivity contribution < 1.29 is 12.8 Å². The highest BCUT2D eigenvalue weighted by atomic mass is 32.2. The van der Waals surface area contributed by atoms with Crippen LogP contribution in [0.1, 0.15) is 16.8 Å². The molecule has 0 bridgehead atoms. The molecule has 0 aliphatic carbocycles. The van der Waals surface area contributed by atoms with Crippen molar-refractivity contribution in [3.8, 4) is 0 Å². The molecule has 0 fully saturated rings. The van der Waals surface area contributed by atoms with Crippen LogP contribution >= 0.6 is 0 Å². The van der Waals surface area contributed by atoms with Crippen molar-refractivity contribution in [3.63, 3.8) is 0 Å².